The summed E-state index contributed by atoms with van der Waals surface area (Å²) in [6, 6.07) is 5.58. The second-order valence-corrected chi connectivity index (χ2v) is 8.62. The monoisotopic (exact) mass is 503 g/mol. The van der Waals surface area contributed by atoms with Gasteiger partial charge in [0.05, 0.1) is 11.1 Å². The average molecular weight is 504 g/mol. The van der Waals surface area contributed by atoms with Gasteiger partial charge in [-0.2, -0.15) is 26.3 Å². The zero-order valence-electron chi connectivity index (χ0n) is 20.2. The second kappa shape index (κ2) is 11.1. The number of unbranched alkanes of at least 4 members (excludes halogenated alkanes) is 1. The molecule has 5 nitrogen and oxygen atoms in total. The molecule has 0 heterocycles. The van der Waals surface area contributed by atoms with Crippen molar-refractivity contribution in [3.05, 3.63) is 63.7 Å². The number of aryl methyl sites for hydroxylation is 2. The molecule has 0 aliphatic heterocycles. The number of benzene rings is 2. The van der Waals surface area contributed by atoms with Crippen molar-refractivity contribution >= 4 is 11.6 Å². The Hall–Kier alpha value is -3.11. The van der Waals surface area contributed by atoms with E-state index in [-0.39, 0.29) is 30.7 Å². The fourth-order valence-electron chi connectivity index (χ4n) is 3.97. The first kappa shape index (κ1) is 28.1. The number of hydrogen-bond donors (Lipinski definition) is 2. The molecule has 0 saturated carbocycles. The van der Waals surface area contributed by atoms with Gasteiger partial charge in [-0.05, 0) is 74.1 Å². The highest BCUT2D eigenvalue weighted by molar-refractivity contribution is 5.77. The Bertz CT molecular complexity index is 1010. The molecule has 0 spiro atoms. The van der Waals surface area contributed by atoms with Gasteiger partial charge >= 0.3 is 12.4 Å². The normalized spacial score (nSPS) is 12.7. The van der Waals surface area contributed by atoms with Crippen LogP contribution in [-0.2, 0) is 18.9 Å². The number of rotatable bonds is 8. The lowest BCUT2D eigenvalue weighted by molar-refractivity contribution is -0.143. The van der Waals surface area contributed by atoms with Crippen LogP contribution in [-0.4, -0.2) is 31.0 Å². The molecule has 11 heteroatoms. The summed E-state index contributed by atoms with van der Waals surface area (Å²) in [4.78, 5) is 3.50. The van der Waals surface area contributed by atoms with Crippen LogP contribution in [0, 0.1) is 20.8 Å². The summed E-state index contributed by atoms with van der Waals surface area (Å²) in [5.74, 6) is 5.08. The summed E-state index contributed by atoms with van der Waals surface area (Å²) in [5.41, 5.74) is 7.48. The summed E-state index contributed by atoms with van der Waals surface area (Å²) in [6.07, 6.45) is -8.58. The highest BCUT2D eigenvalue weighted by Gasteiger charge is 2.37. The Labute approximate surface area is 201 Å². The lowest BCUT2D eigenvalue weighted by Crippen LogP contribution is -2.38. The van der Waals surface area contributed by atoms with E-state index in [2.05, 4.69) is 29.1 Å². The predicted octanol–water partition coefficient (Wildman–Crippen LogP) is 5.56. The van der Waals surface area contributed by atoms with Gasteiger partial charge < -0.3 is 21.4 Å². The van der Waals surface area contributed by atoms with E-state index in [4.69, 9.17) is 11.6 Å². The Morgan fingerprint density at radius 1 is 0.857 bits per heavy atom. The van der Waals surface area contributed by atoms with Gasteiger partial charge in [0.1, 0.15) is 0 Å². The Kier molecular flexibility index (Phi) is 8.91. The zero-order chi connectivity index (χ0) is 26.6. The molecule has 2 rings (SSSR count). The number of alkyl halides is 6. The van der Waals surface area contributed by atoms with Gasteiger partial charge in [0.15, 0.2) is 0 Å². The van der Waals surface area contributed by atoms with E-state index in [0.29, 0.717) is 31.5 Å². The van der Waals surface area contributed by atoms with Crippen molar-refractivity contribution in [3.8, 4) is 0 Å². The first-order valence-corrected chi connectivity index (χ1v) is 11.0. The summed E-state index contributed by atoms with van der Waals surface area (Å²) < 4.78 is 79.1. The quantitative estimate of drug-likeness (QED) is 0.124. The van der Waals surface area contributed by atoms with E-state index in [1.165, 1.54) is 16.0 Å². The molecule has 2 aromatic carbocycles. The average Bonchev–Trinajstić information content (AvgIpc) is 2.76. The second-order valence-electron chi connectivity index (χ2n) is 8.62. The molecule has 4 N–H and O–H groups in total. The van der Waals surface area contributed by atoms with Crippen LogP contribution in [0.3, 0.4) is 0 Å². The Balaban J connectivity index is 2.14. The topological polar surface area (TPSA) is 70.9 Å². The molecular weight excluding hydrogens is 472 g/mol. The van der Waals surface area contributed by atoms with Gasteiger partial charge in [-0.15, -0.1) is 5.10 Å². The molecule has 0 aliphatic carbocycles. The fourth-order valence-corrected chi connectivity index (χ4v) is 3.97. The van der Waals surface area contributed by atoms with Crippen LogP contribution in [0.25, 0.3) is 0 Å². The number of hydrazone groups is 1. The molecule has 2 aromatic rings. The van der Waals surface area contributed by atoms with Gasteiger partial charge in [0.2, 0.25) is 5.96 Å². The van der Waals surface area contributed by atoms with Crippen molar-refractivity contribution in [2.75, 3.05) is 25.0 Å². The minimum atomic E-state index is -4.93. The lowest BCUT2D eigenvalue weighted by Gasteiger charge is -2.27. The Morgan fingerprint density at radius 3 is 1.89 bits per heavy atom. The van der Waals surface area contributed by atoms with E-state index in [0.717, 1.165) is 11.3 Å². The van der Waals surface area contributed by atoms with Gasteiger partial charge in [0.25, 0.3) is 0 Å². The summed E-state index contributed by atoms with van der Waals surface area (Å²) in [5, 5.41) is 3.39. The van der Waals surface area contributed by atoms with E-state index in [1.807, 2.05) is 20.9 Å². The van der Waals surface area contributed by atoms with Crippen LogP contribution >= 0.6 is 0 Å². The molecule has 0 aromatic heterocycles. The molecule has 0 saturated heterocycles. The smallest absolute Gasteiger partial charge is 0.374 e. The standard InChI is InChI=1S/C24H31F6N5/c1-15-7-8-16(2)21(17(15)3)34(4)9-5-6-10-35(22(31)33-32)14-18-11-19(23(25,26)27)13-20(12-18)24(28,29)30/h7-8,11-13H,5-6,9-10,14,32H2,1-4H3,(H2,31,33). The minimum absolute atomic E-state index is 0.0966. The number of guanidine groups is 1. The molecule has 0 atom stereocenters. The molecular formula is C24H31F6N5. The number of nitrogens with zero attached hydrogens (tertiary/aromatic N) is 3. The molecule has 0 radical (unpaired) electrons. The van der Waals surface area contributed by atoms with Crippen molar-refractivity contribution in [1.29, 1.82) is 0 Å². The lowest BCUT2D eigenvalue weighted by atomic mass is 10.0. The van der Waals surface area contributed by atoms with Crippen molar-refractivity contribution in [3.63, 3.8) is 0 Å². The number of anilines is 1. The van der Waals surface area contributed by atoms with Crippen LogP contribution in [0.1, 0.15) is 46.2 Å². The molecule has 0 fully saturated rings. The van der Waals surface area contributed by atoms with Crippen LogP contribution in [0.4, 0.5) is 32.0 Å². The molecule has 0 bridgehead atoms. The van der Waals surface area contributed by atoms with Gasteiger partial charge in [-0.3, -0.25) is 0 Å². The largest absolute Gasteiger partial charge is 0.416 e. The zero-order valence-corrected chi connectivity index (χ0v) is 20.2. The maximum Gasteiger partial charge on any atom is 0.416 e. The maximum absolute atomic E-state index is 13.2. The fraction of sp³-hybridized carbons (Fsp3) is 0.458. The van der Waals surface area contributed by atoms with E-state index in [1.54, 1.807) is 0 Å². The van der Waals surface area contributed by atoms with Crippen LogP contribution in [0.15, 0.2) is 35.4 Å². The van der Waals surface area contributed by atoms with Crippen molar-refractivity contribution < 1.29 is 26.3 Å². The molecule has 35 heavy (non-hydrogen) atoms. The minimum Gasteiger partial charge on any atom is -0.374 e. The highest BCUT2D eigenvalue weighted by atomic mass is 19.4. The van der Waals surface area contributed by atoms with Crippen molar-refractivity contribution in [2.24, 2.45) is 16.7 Å². The van der Waals surface area contributed by atoms with Crippen molar-refractivity contribution in [1.82, 2.24) is 4.90 Å². The third-order valence-corrected chi connectivity index (χ3v) is 5.93. The number of halogens is 6. The molecule has 0 amide bonds. The third-order valence-electron chi connectivity index (χ3n) is 5.93. The number of hydrogen-bond acceptors (Lipinski definition) is 3. The maximum atomic E-state index is 13.2. The van der Waals surface area contributed by atoms with Crippen LogP contribution < -0.4 is 16.5 Å². The van der Waals surface area contributed by atoms with Gasteiger partial charge in [-0.25, -0.2) is 0 Å². The van der Waals surface area contributed by atoms with E-state index >= 15 is 0 Å². The molecule has 0 aliphatic rings. The highest BCUT2D eigenvalue weighted by Crippen LogP contribution is 2.36. The first-order chi connectivity index (χ1) is 16.1. The van der Waals surface area contributed by atoms with Crippen molar-refractivity contribution in [2.45, 2.75) is 52.5 Å². The van der Waals surface area contributed by atoms with E-state index < -0.39 is 23.5 Å². The summed E-state index contributed by atoms with van der Waals surface area (Å²) in [7, 11) is 1.98. The predicted molar refractivity (Wildman–Crippen MR) is 126 cm³/mol. The van der Waals surface area contributed by atoms with Crippen LogP contribution in [0.2, 0.25) is 0 Å². The Morgan fingerprint density at radius 2 is 1.37 bits per heavy atom. The summed E-state index contributed by atoms with van der Waals surface area (Å²) in [6.45, 7) is 6.77. The SMILES string of the molecule is Cc1ccc(C)c(N(C)CCCCN(Cc2cc(C(F)(F)F)cc(C(F)(F)F)c2)/C(N)=N/N)c1C. The summed E-state index contributed by atoms with van der Waals surface area (Å²) >= 11 is 0. The van der Waals surface area contributed by atoms with Gasteiger partial charge in [0, 0.05) is 32.4 Å². The molecule has 0 unspecified atom stereocenters. The van der Waals surface area contributed by atoms with E-state index in [9.17, 15) is 26.3 Å². The van der Waals surface area contributed by atoms with Crippen LogP contribution in [0.5, 0.6) is 0 Å². The number of nitrogens with two attached hydrogens (primary N) is 2. The first-order valence-electron chi connectivity index (χ1n) is 11.0. The van der Waals surface area contributed by atoms with Gasteiger partial charge in [-0.1, -0.05) is 12.1 Å². The third kappa shape index (κ3) is 7.43. The molecule has 194 valence electrons.